The van der Waals surface area contributed by atoms with Gasteiger partial charge in [0, 0.05) is 11.5 Å². The Morgan fingerprint density at radius 2 is 1.56 bits per heavy atom. The molecule has 25 heavy (non-hydrogen) atoms. The molecule has 0 radical (unpaired) electrons. The summed E-state index contributed by atoms with van der Waals surface area (Å²) in [5.74, 6) is 7.17. The quantitative estimate of drug-likeness (QED) is 0.200. The zero-order valence-electron chi connectivity index (χ0n) is 17.6. The van der Waals surface area contributed by atoms with E-state index < -0.39 is 8.07 Å². The highest BCUT2D eigenvalue weighted by atomic mass is 32.2. The van der Waals surface area contributed by atoms with E-state index in [1.807, 2.05) is 11.8 Å². The Labute approximate surface area is 167 Å². The molecule has 0 aromatic heterocycles. The van der Waals surface area contributed by atoms with Crippen molar-refractivity contribution >= 4 is 31.6 Å². The summed E-state index contributed by atoms with van der Waals surface area (Å²) in [4.78, 5) is 0. The minimum atomic E-state index is -1.44. The van der Waals surface area contributed by atoms with Crippen LogP contribution in [0.15, 0.2) is 0 Å². The molecule has 0 aliphatic rings. The monoisotopic (exact) mass is 402 g/mol. The smallest absolute Gasteiger partial charge is 0.129 e. The Hall–Kier alpha value is 0.437. The fourth-order valence-electron chi connectivity index (χ4n) is 2.51. The molecule has 2 atom stereocenters. The standard InChI is InChI=1S/C21H42OS2Si/c1-7-10-13-20(22)21(14-11-8-2,15-19-25(4,5)6)24-18-17-23-16-12-9-3/h20,22H,7-14,16-18H2,1-6H3. The number of hydrogen-bond acceptors (Lipinski definition) is 3. The lowest BCUT2D eigenvalue weighted by atomic mass is 9.92. The van der Waals surface area contributed by atoms with Gasteiger partial charge in [-0.15, -0.1) is 17.3 Å². The summed E-state index contributed by atoms with van der Waals surface area (Å²) in [6.45, 7) is 13.6. The third-order valence-corrected chi connectivity index (χ3v) is 7.85. The molecule has 0 saturated carbocycles. The minimum Gasteiger partial charge on any atom is -0.391 e. The molecule has 0 aromatic rings. The third-order valence-electron chi connectivity index (χ3n) is 4.15. The van der Waals surface area contributed by atoms with Crippen LogP contribution in [-0.4, -0.2) is 41.3 Å². The minimum absolute atomic E-state index is 0.253. The maximum Gasteiger partial charge on any atom is 0.129 e. The number of rotatable bonds is 14. The van der Waals surface area contributed by atoms with E-state index in [1.54, 1.807) is 0 Å². The van der Waals surface area contributed by atoms with E-state index in [0.717, 1.165) is 37.9 Å². The van der Waals surface area contributed by atoms with Crippen molar-refractivity contribution in [3.8, 4) is 11.5 Å². The second kappa shape index (κ2) is 14.5. The van der Waals surface area contributed by atoms with Crippen molar-refractivity contribution in [3.05, 3.63) is 0 Å². The molecule has 0 spiro atoms. The second-order valence-electron chi connectivity index (χ2n) is 7.97. The molecule has 0 amide bonds. The molecule has 0 saturated heterocycles. The van der Waals surface area contributed by atoms with Gasteiger partial charge in [0.05, 0.1) is 6.10 Å². The molecule has 0 aromatic carbocycles. The Morgan fingerprint density at radius 3 is 2.12 bits per heavy atom. The van der Waals surface area contributed by atoms with Crippen molar-refractivity contribution in [2.24, 2.45) is 0 Å². The summed E-state index contributed by atoms with van der Waals surface area (Å²) in [6, 6.07) is 0. The number of aliphatic hydroxyl groups is 1. The average Bonchev–Trinajstić information content (AvgIpc) is 2.57. The van der Waals surface area contributed by atoms with Gasteiger partial charge >= 0.3 is 0 Å². The molecule has 0 heterocycles. The Bertz CT molecular complexity index is 384. The second-order valence-corrected chi connectivity index (χ2v) is 15.4. The van der Waals surface area contributed by atoms with Crippen molar-refractivity contribution in [2.45, 2.75) is 103 Å². The van der Waals surface area contributed by atoms with Gasteiger partial charge in [0.25, 0.3) is 0 Å². The molecule has 148 valence electrons. The third kappa shape index (κ3) is 12.4. The highest BCUT2D eigenvalue weighted by molar-refractivity contribution is 8.03. The zero-order valence-corrected chi connectivity index (χ0v) is 20.3. The van der Waals surface area contributed by atoms with Crippen LogP contribution in [0.25, 0.3) is 0 Å². The van der Waals surface area contributed by atoms with E-state index in [0.29, 0.717) is 0 Å². The lowest BCUT2D eigenvalue weighted by Gasteiger charge is -2.34. The van der Waals surface area contributed by atoms with Crippen LogP contribution in [0, 0.1) is 11.5 Å². The molecule has 1 nitrogen and oxygen atoms in total. The molecule has 0 rings (SSSR count). The van der Waals surface area contributed by atoms with Crippen LogP contribution in [-0.2, 0) is 0 Å². The van der Waals surface area contributed by atoms with Crippen molar-refractivity contribution in [1.29, 1.82) is 0 Å². The van der Waals surface area contributed by atoms with Crippen LogP contribution >= 0.6 is 23.5 Å². The Kier molecular flexibility index (Phi) is 14.7. The summed E-state index contributed by atoms with van der Waals surface area (Å²) in [5, 5.41) is 11.0. The molecular formula is C21H42OS2Si. The van der Waals surface area contributed by atoms with Crippen molar-refractivity contribution in [2.75, 3.05) is 17.3 Å². The van der Waals surface area contributed by atoms with Crippen molar-refractivity contribution < 1.29 is 5.11 Å². The fraction of sp³-hybridized carbons (Fsp3) is 0.905. The van der Waals surface area contributed by atoms with Gasteiger partial charge < -0.3 is 5.11 Å². The SMILES string of the molecule is CCCCSCCSC(C#C[Si](C)(C)C)(CCCC)C(O)CCCC. The van der Waals surface area contributed by atoms with Gasteiger partial charge in [-0.2, -0.15) is 11.8 Å². The summed E-state index contributed by atoms with van der Waals surface area (Å²) >= 11 is 4.00. The lowest BCUT2D eigenvalue weighted by molar-refractivity contribution is 0.132. The normalized spacial score (nSPS) is 15.3. The number of hydrogen-bond donors (Lipinski definition) is 1. The molecule has 4 heteroatoms. The largest absolute Gasteiger partial charge is 0.391 e. The Morgan fingerprint density at radius 1 is 0.920 bits per heavy atom. The zero-order chi connectivity index (χ0) is 19.2. The van der Waals surface area contributed by atoms with Crippen LogP contribution in [0.3, 0.4) is 0 Å². The first kappa shape index (κ1) is 25.4. The van der Waals surface area contributed by atoms with Gasteiger partial charge in [-0.3, -0.25) is 0 Å². The molecule has 0 fully saturated rings. The van der Waals surface area contributed by atoms with Crippen LogP contribution in [0.5, 0.6) is 0 Å². The van der Waals surface area contributed by atoms with E-state index in [-0.39, 0.29) is 10.9 Å². The highest BCUT2D eigenvalue weighted by Gasteiger charge is 2.36. The predicted molar refractivity (Wildman–Crippen MR) is 124 cm³/mol. The number of thioether (sulfide) groups is 2. The van der Waals surface area contributed by atoms with E-state index >= 15 is 0 Å². The fourth-order valence-corrected chi connectivity index (χ4v) is 5.79. The molecule has 1 N–H and O–H groups in total. The Balaban J connectivity index is 5.11. The van der Waals surface area contributed by atoms with Gasteiger partial charge in [0.1, 0.15) is 12.8 Å². The number of aliphatic hydroxyl groups excluding tert-OH is 1. The van der Waals surface area contributed by atoms with Crippen LogP contribution in [0.1, 0.15) is 72.1 Å². The predicted octanol–water partition coefficient (Wildman–Crippen LogP) is 6.61. The topological polar surface area (TPSA) is 20.2 Å². The highest BCUT2D eigenvalue weighted by Crippen LogP contribution is 2.37. The van der Waals surface area contributed by atoms with E-state index in [1.165, 1.54) is 30.8 Å². The lowest BCUT2D eigenvalue weighted by Crippen LogP contribution is -2.39. The van der Waals surface area contributed by atoms with Gasteiger partial charge in [-0.1, -0.05) is 78.4 Å². The molecule has 0 aliphatic heterocycles. The van der Waals surface area contributed by atoms with Crippen LogP contribution in [0.4, 0.5) is 0 Å². The molecule has 0 aliphatic carbocycles. The van der Waals surface area contributed by atoms with E-state index in [2.05, 4.69) is 63.6 Å². The van der Waals surface area contributed by atoms with Gasteiger partial charge in [-0.25, -0.2) is 0 Å². The summed E-state index contributed by atoms with van der Waals surface area (Å²) < 4.78 is -0.253. The van der Waals surface area contributed by atoms with E-state index in [4.69, 9.17) is 0 Å². The van der Waals surface area contributed by atoms with Crippen molar-refractivity contribution in [1.82, 2.24) is 0 Å². The molecule has 2 unspecified atom stereocenters. The van der Waals surface area contributed by atoms with Gasteiger partial charge in [0.2, 0.25) is 0 Å². The summed E-state index contributed by atoms with van der Waals surface area (Å²) in [6.07, 6.45) is 8.75. The maximum absolute atomic E-state index is 11.0. The number of unbranched alkanes of at least 4 members (excludes halogenated alkanes) is 3. The summed E-state index contributed by atoms with van der Waals surface area (Å²) in [5.41, 5.74) is 3.59. The average molecular weight is 403 g/mol. The van der Waals surface area contributed by atoms with Crippen LogP contribution < -0.4 is 0 Å². The summed E-state index contributed by atoms with van der Waals surface area (Å²) in [7, 11) is -1.44. The molecule has 0 bridgehead atoms. The van der Waals surface area contributed by atoms with Gasteiger partial charge in [-0.05, 0) is 25.0 Å². The first-order valence-corrected chi connectivity index (χ1v) is 15.9. The first-order valence-electron chi connectivity index (χ1n) is 10.3. The maximum atomic E-state index is 11.0. The van der Waals surface area contributed by atoms with Gasteiger partial charge in [0.15, 0.2) is 0 Å². The molecular weight excluding hydrogens is 360 g/mol. The van der Waals surface area contributed by atoms with Crippen LogP contribution in [0.2, 0.25) is 19.6 Å². The first-order chi connectivity index (χ1) is 11.8. The van der Waals surface area contributed by atoms with E-state index in [9.17, 15) is 5.11 Å². The van der Waals surface area contributed by atoms with Crippen molar-refractivity contribution in [3.63, 3.8) is 0 Å².